The lowest BCUT2D eigenvalue weighted by Crippen LogP contribution is -1.89. The average molecular weight is 205 g/mol. The Morgan fingerprint density at radius 2 is 1.92 bits per heavy atom. The van der Waals surface area contributed by atoms with Crippen molar-refractivity contribution in [1.82, 2.24) is 0 Å². The van der Waals surface area contributed by atoms with Gasteiger partial charge in [0.25, 0.3) is 0 Å². The largest absolute Gasteiger partial charge is 0.302 e. The molecule has 0 aliphatic carbocycles. The summed E-state index contributed by atoms with van der Waals surface area (Å²) < 4.78 is 19.3. The highest BCUT2D eigenvalue weighted by atomic mass is 35.5. The van der Waals surface area contributed by atoms with Crippen LogP contribution in [0.1, 0.15) is 17.9 Å². The molecule has 12 heavy (non-hydrogen) atoms. The highest BCUT2D eigenvalue weighted by Crippen LogP contribution is 2.19. The maximum absolute atomic E-state index is 10.6. The van der Waals surface area contributed by atoms with Crippen molar-refractivity contribution in [2.45, 2.75) is 17.2 Å². The van der Waals surface area contributed by atoms with Crippen molar-refractivity contribution in [3.8, 4) is 0 Å². The normalized spacial score (nSPS) is 15.6. The van der Waals surface area contributed by atoms with E-state index in [9.17, 15) is 4.21 Å². The molecule has 0 aliphatic heterocycles. The average Bonchev–Trinajstić information content (AvgIpc) is 2.04. The molecule has 2 nitrogen and oxygen atoms in total. The van der Waals surface area contributed by atoms with E-state index in [-0.39, 0.29) is 5.38 Å². The van der Waals surface area contributed by atoms with Gasteiger partial charge in [-0.3, -0.25) is 0 Å². The molecule has 0 bridgehead atoms. The summed E-state index contributed by atoms with van der Waals surface area (Å²) in [4.78, 5) is 0.399. The lowest BCUT2D eigenvalue weighted by atomic mass is 10.2. The number of benzene rings is 1. The van der Waals surface area contributed by atoms with E-state index in [1.807, 2.05) is 6.92 Å². The van der Waals surface area contributed by atoms with Gasteiger partial charge >= 0.3 is 0 Å². The summed E-state index contributed by atoms with van der Waals surface area (Å²) in [6.07, 6.45) is 0. The van der Waals surface area contributed by atoms with Crippen LogP contribution in [0, 0.1) is 0 Å². The summed E-state index contributed by atoms with van der Waals surface area (Å²) >= 11 is 3.90. The van der Waals surface area contributed by atoms with E-state index in [2.05, 4.69) is 0 Å². The molecule has 2 atom stereocenters. The first-order valence-electron chi connectivity index (χ1n) is 3.46. The van der Waals surface area contributed by atoms with Crippen LogP contribution in [0.2, 0.25) is 0 Å². The molecule has 1 rings (SSSR count). The van der Waals surface area contributed by atoms with Crippen LogP contribution < -0.4 is 0 Å². The second-order valence-corrected chi connectivity index (χ2v) is 4.06. The molecule has 0 aromatic heterocycles. The highest BCUT2D eigenvalue weighted by molar-refractivity contribution is 7.79. The fourth-order valence-corrected chi connectivity index (χ4v) is 1.36. The molecule has 0 saturated heterocycles. The fraction of sp³-hybridized carbons (Fsp3) is 0.250. The molecular weight excluding hydrogens is 196 g/mol. The van der Waals surface area contributed by atoms with Crippen molar-refractivity contribution >= 4 is 22.7 Å². The number of alkyl halides is 1. The third kappa shape index (κ3) is 2.30. The predicted molar refractivity (Wildman–Crippen MR) is 49.7 cm³/mol. The topological polar surface area (TPSA) is 37.3 Å². The monoisotopic (exact) mass is 204 g/mol. The maximum Gasteiger partial charge on any atom is 0.186 e. The molecule has 0 spiro atoms. The zero-order chi connectivity index (χ0) is 9.14. The number of hydrogen-bond donors (Lipinski definition) is 1. The molecule has 0 fully saturated rings. The van der Waals surface area contributed by atoms with Crippen LogP contribution >= 0.6 is 11.6 Å². The van der Waals surface area contributed by atoms with Crippen molar-refractivity contribution < 1.29 is 8.76 Å². The van der Waals surface area contributed by atoms with Crippen LogP contribution in [-0.2, 0) is 11.1 Å². The number of rotatable bonds is 2. The molecule has 2 unspecified atom stereocenters. The zero-order valence-corrected chi connectivity index (χ0v) is 8.10. The van der Waals surface area contributed by atoms with E-state index in [0.29, 0.717) is 4.90 Å². The van der Waals surface area contributed by atoms with Crippen LogP contribution in [0.15, 0.2) is 29.2 Å². The predicted octanol–water partition coefficient (Wildman–Crippen LogP) is 2.57. The standard InChI is InChI=1S/C8H9ClO2S/c1-6(9)7-2-4-8(5-3-7)12(10)11/h2-6H,1H3,(H,10,11). The summed E-state index contributed by atoms with van der Waals surface area (Å²) in [7, 11) is 0. The van der Waals surface area contributed by atoms with Gasteiger partial charge in [-0.25, -0.2) is 4.21 Å². The minimum atomic E-state index is -1.89. The van der Waals surface area contributed by atoms with E-state index in [1.165, 1.54) is 0 Å². The van der Waals surface area contributed by atoms with Gasteiger partial charge in [0.15, 0.2) is 11.1 Å². The van der Waals surface area contributed by atoms with Crippen LogP contribution in [0.25, 0.3) is 0 Å². The first-order chi connectivity index (χ1) is 5.61. The molecule has 1 N–H and O–H groups in total. The van der Waals surface area contributed by atoms with Gasteiger partial charge in [-0.15, -0.1) is 11.6 Å². The minimum absolute atomic E-state index is 0.0637. The molecule has 66 valence electrons. The minimum Gasteiger partial charge on any atom is -0.302 e. The maximum atomic E-state index is 10.6. The molecule has 1 aromatic carbocycles. The molecule has 0 amide bonds. The van der Waals surface area contributed by atoms with Crippen molar-refractivity contribution in [3.63, 3.8) is 0 Å². The molecule has 0 heterocycles. The number of halogens is 1. The Balaban J connectivity index is 2.93. The molecule has 0 radical (unpaired) electrons. The van der Waals surface area contributed by atoms with E-state index < -0.39 is 11.1 Å². The Morgan fingerprint density at radius 1 is 1.42 bits per heavy atom. The summed E-state index contributed by atoms with van der Waals surface area (Å²) in [6, 6.07) is 6.71. The Bertz CT molecular complexity index is 282. The van der Waals surface area contributed by atoms with Gasteiger partial charge < -0.3 is 4.55 Å². The van der Waals surface area contributed by atoms with Gasteiger partial charge in [-0.2, -0.15) is 0 Å². The summed E-state index contributed by atoms with van der Waals surface area (Å²) in [5.41, 5.74) is 0.950. The van der Waals surface area contributed by atoms with Gasteiger partial charge in [0, 0.05) is 0 Å². The van der Waals surface area contributed by atoms with E-state index in [1.54, 1.807) is 24.3 Å². The smallest absolute Gasteiger partial charge is 0.186 e. The Morgan fingerprint density at radius 3 is 2.25 bits per heavy atom. The molecule has 0 saturated carbocycles. The Hall–Kier alpha value is -0.380. The third-order valence-electron chi connectivity index (χ3n) is 1.54. The van der Waals surface area contributed by atoms with Crippen molar-refractivity contribution in [3.05, 3.63) is 29.8 Å². The first kappa shape index (κ1) is 9.71. The van der Waals surface area contributed by atoms with E-state index in [4.69, 9.17) is 16.2 Å². The SMILES string of the molecule is CC(Cl)c1ccc(S(=O)O)cc1. The second kappa shape index (κ2) is 4.03. The third-order valence-corrected chi connectivity index (χ3v) is 2.47. The van der Waals surface area contributed by atoms with Crippen LogP contribution in [0.4, 0.5) is 0 Å². The summed E-state index contributed by atoms with van der Waals surface area (Å²) in [5.74, 6) is 0. The van der Waals surface area contributed by atoms with Gasteiger partial charge in [0.2, 0.25) is 0 Å². The molecule has 1 aromatic rings. The van der Waals surface area contributed by atoms with Crippen molar-refractivity contribution in [2.75, 3.05) is 0 Å². The Labute approximate surface area is 78.8 Å². The van der Waals surface area contributed by atoms with Gasteiger partial charge in [0.05, 0.1) is 10.3 Å². The molecule has 0 aliphatic rings. The lowest BCUT2D eigenvalue weighted by molar-refractivity contribution is 0.564. The molecular formula is C8H9ClO2S. The van der Waals surface area contributed by atoms with E-state index in [0.717, 1.165) is 5.56 Å². The van der Waals surface area contributed by atoms with Crippen LogP contribution in [0.3, 0.4) is 0 Å². The highest BCUT2D eigenvalue weighted by Gasteiger charge is 2.02. The number of hydrogen-bond acceptors (Lipinski definition) is 1. The lowest BCUT2D eigenvalue weighted by Gasteiger charge is -2.02. The van der Waals surface area contributed by atoms with Gasteiger partial charge in [-0.1, -0.05) is 12.1 Å². The zero-order valence-electron chi connectivity index (χ0n) is 6.53. The quantitative estimate of drug-likeness (QED) is 0.594. The van der Waals surface area contributed by atoms with Crippen molar-refractivity contribution in [1.29, 1.82) is 0 Å². The summed E-state index contributed by atoms with van der Waals surface area (Å²) in [5, 5.41) is -0.0637. The van der Waals surface area contributed by atoms with Crippen molar-refractivity contribution in [2.24, 2.45) is 0 Å². The Kier molecular flexibility index (Phi) is 3.26. The van der Waals surface area contributed by atoms with Gasteiger partial charge in [-0.05, 0) is 24.6 Å². The summed E-state index contributed by atoms with van der Waals surface area (Å²) in [6.45, 7) is 1.85. The first-order valence-corrected chi connectivity index (χ1v) is 5.00. The van der Waals surface area contributed by atoms with E-state index >= 15 is 0 Å². The van der Waals surface area contributed by atoms with Gasteiger partial charge in [0.1, 0.15) is 0 Å². The van der Waals surface area contributed by atoms with Crippen LogP contribution in [0.5, 0.6) is 0 Å². The second-order valence-electron chi connectivity index (χ2n) is 2.43. The van der Waals surface area contributed by atoms with Crippen LogP contribution in [-0.4, -0.2) is 8.76 Å². The fourth-order valence-electron chi connectivity index (χ4n) is 0.849. The molecule has 4 heteroatoms.